The Bertz CT molecular complexity index is 203. The summed E-state index contributed by atoms with van der Waals surface area (Å²) in [5.74, 6) is 0. The second-order valence-corrected chi connectivity index (χ2v) is 2.29. The van der Waals surface area contributed by atoms with Crippen LogP contribution in [0, 0.1) is 13.8 Å². The van der Waals surface area contributed by atoms with Gasteiger partial charge in [0.25, 0.3) is 0 Å². The topological polar surface area (TPSA) is 60.0 Å². The van der Waals surface area contributed by atoms with Crippen LogP contribution in [0.1, 0.15) is 11.1 Å². The molecule has 2 N–H and O–H groups in total. The van der Waals surface area contributed by atoms with Gasteiger partial charge in [-0.25, -0.2) is 0 Å². The molecule has 0 aliphatic carbocycles. The second kappa shape index (κ2) is 4.94. The van der Waals surface area contributed by atoms with E-state index in [0.717, 1.165) is 5.46 Å². The first-order chi connectivity index (χ1) is 4.22. The summed E-state index contributed by atoms with van der Waals surface area (Å²) >= 11 is 0. The van der Waals surface area contributed by atoms with E-state index in [2.05, 4.69) is 13.0 Å². The van der Waals surface area contributed by atoms with Gasteiger partial charge in [-0.2, -0.15) is 0 Å². The zero-order valence-corrected chi connectivity index (χ0v) is 6.70. The van der Waals surface area contributed by atoms with Crippen molar-refractivity contribution >= 4 is 13.3 Å². The van der Waals surface area contributed by atoms with Crippen molar-refractivity contribution < 1.29 is 11.0 Å². The molecule has 0 radical (unpaired) electrons. The zero-order valence-electron chi connectivity index (χ0n) is 6.70. The van der Waals surface area contributed by atoms with Crippen molar-refractivity contribution in [1.82, 2.24) is 0 Å². The Morgan fingerprint density at radius 3 is 2.00 bits per heavy atom. The van der Waals surface area contributed by atoms with Gasteiger partial charge in [0.1, 0.15) is 0 Å². The van der Waals surface area contributed by atoms with Crippen LogP contribution in [0.2, 0.25) is 0 Å². The van der Waals surface area contributed by atoms with E-state index in [1.807, 2.05) is 19.1 Å². The van der Waals surface area contributed by atoms with Crippen molar-refractivity contribution in [3.8, 4) is 0 Å². The maximum absolute atomic E-state index is 5.62. The molecule has 0 saturated heterocycles. The van der Waals surface area contributed by atoms with E-state index in [4.69, 9.17) is 7.85 Å². The zero-order chi connectivity index (χ0) is 6.85. The average molecular weight is 150 g/mol. The number of aryl methyl sites for hydroxylation is 1. The fraction of sp³-hybridized carbons (Fsp3) is 0.250. The summed E-state index contributed by atoms with van der Waals surface area (Å²) in [5.41, 5.74) is 3.34. The van der Waals surface area contributed by atoms with Crippen molar-refractivity contribution in [1.29, 1.82) is 0 Å². The molecule has 2 nitrogen and oxygen atoms in total. The first kappa shape index (κ1) is 12.8. The van der Waals surface area contributed by atoms with Crippen LogP contribution < -0.4 is 5.46 Å². The molecule has 0 fully saturated rings. The standard InChI is InChI=1S/C8H9B.2H2O/c1-6-4-3-5-8(9)7(6)2;;/h3-5H,1-2H3;2*1H2/q+2;;/p-2. The second-order valence-electron chi connectivity index (χ2n) is 2.29. The fourth-order valence-electron chi connectivity index (χ4n) is 0.774. The minimum Gasteiger partial charge on any atom is -0.870 e. The molecular weight excluding hydrogens is 139 g/mol. The molecule has 0 aliphatic rings. The molecule has 3 heteroatoms. The molecule has 1 aromatic carbocycles. The Hall–Kier alpha value is -0.795. The molecule has 0 heterocycles. The summed E-state index contributed by atoms with van der Waals surface area (Å²) in [6.07, 6.45) is 0. The summed E-state index contributed by atoms with van der Waals surface area (Å²) in [7, 11) is 5.62. The van der Waals surface area contributed by atoms with Crippen molar-refractivity contribution in [3.05, 3.63) is 29.3 Å². The van der Waals surface area contributed by atoms with E-state index < -0.39 is 0 Å². The molecular formula is C8H11BO2. The third-order valence-corrected chi connectivity index (χ3v) is 1.65. The molecule has 0 atom stereocenters. The first-order valence-electron chi connectivity index (χ1n) is 3.03. The molecule has 0 aromatic heterocycles. The monoisotopic (exact) mass is 150 g/mol. The molecule has 1 rings (SSSR count). The maximum atomic E-state index is 5.62. The molecule has 0 saturated carbocycles. The Morgan fingerprint density at radius 1 is 1.09 bits per heavy atom. The van der Waals surface area contributed by atoms with E-state index >= 15 is 0 Å². The fourth-order valence-corrected chi connectivity index (χ4v) is 0.774. The number of benzene rings is 1. The predicted octanol–water partition coefficient (Wildman–Crippen LogP) is 0.744. The molecule has 11 heavy (non-hydrogen) atoms. The van der Waals surface area contributed by atoms with Gasteiger partial charge in [0, 0.05) is 0 Å². The van der Waals surface area contributed by atoms with Gasteiger partial charge in [-0.15, -0.1) is 0 Å². The van der Waals surface area contributed by atoms with Crippen LogP contribution >= 0.6 is 0 Å². The number of hydrogen-bond acceptors (Lipinski definition) is 2. The molecule has 0 spiro atoms. The van der Waals surface area contributed by atoms with Gasteiger partial charge in [0.15, 0.2) is 0 Å². The summed E-state index contributed by atoms with van der Waals surface area (Å²) in [6.45, 7) is 4.09. The van der Waals surface area contributed by atoms with Gasteiger partial charge in [0.2, 0.25) is 0 Å². The predicted molar refractivity (Wildman–Crippen MR) is 45.2 cm³/mol. The average Bonchev–Trinajstić information content (AvgIpc) is 1.83. The SMILES string of the molecule is [B+2]c1cccc(C)c1C.[OH-].[OH-]. The maximum Gasteiger partial charge on any atom is -0.870 e. The van der Waals surface area contributed by atoms with Crippen LogP contribution in [0.3, 0.4) is 0 Å². The third-order valence-electron chi connectivity index (χ3n) is 1.65. The molecule has 0 unspecified atom stereocenters. The smallest absolute Gasteiger partial charge is 0.870 e. The van der Waals surface area contributed by atoms with Gasteiger partial charge in [-0.1, -0.05) is 0 Å². The van der Waals surface area contributed by atoms with E-state index in [1.165, 1.54) is 11.1 Å². The van der Waals surface area contributed by atoms with Crippen LogP contribution in [0.25, 0.3) is 0 Å². The van der Waals surface area contributed by atoms with Crippen LogP contribution in [-0.4, -0.2) is 18.8 Å². The number of rotatable bonds is 0. The van der Waals surface area contributed by atoms with E-state index in [1.54, 1.807) is 0 Å². The van der Waals surface area contributed by atoms with Crippen molar-refractivity contribution in [2.24, 2.45) is 0 Å². The number of hydrogen-bond donors (Lipinski definition) is 0. The van der Waals surface area contributed by atoms with Crippen LogP contribution in [0.15, 0.2) is 18.2 Å². The van der Waals surface area contributed by atoms with Gasteiger partial charge >= 0.3 is 56.5 Å². The Balaban J connectivity index is 0. The van der Waals surface area contributed by atoms with Gasteiger partial charge in [-0.3, -0.25) is 0 Å². The normalized spacial score (nSPS) is 8.00. The first-order valence-corrected chi connectivity index (χ1v) is 3.03. The molecule has 1 aromatic rings. The molecule has 0 aliphatic heterocycles. The van der Waals surface area contributed by atoms with Crippen molar-refractivity contribution in [2.75, 3.05) is 0 Å². The van der Waals surface area contributed by atoms with Gasteiger partial charge in [-0.05, 0) is 0 Å². The Labute approximate surface area is 68.3 Å². The van der Waals surface area contributed by atoms with Crippen LogP contribution in [-0.2, 0) is 0 Å². The Kier molecular flexibility index (Phi) is 5.76. The largest absolute Gasteiger partial charge is 0.870 e. The summed E-state index contributed by atoms with van der Waals surface area (Å²) in [5, 5.41) is 0. The summed E-state index contributed by atoms with van der Waals surface area (Å²) in [6, 6.07) is 5.95. The van der Waals surface area contributed by atoms with Crippen LogP contribution in [0.4, 0.5) is 0 Å². The van der Waals surface area contributed by atoms with E-state index in [-0.39, 0.29) is 11.0 Å². The van der Waals surface area contributed by atoms with Gasteiger partial charge < -0.3 is 11.0 Å². The van der Waals surface area contributed by atoms with Crippen molar-refractivity contribution in [2.45, 2.75) is 13.8 Å². The minimum absolute atomic E-state index is 0. The van der Waals surface area contributed by atoms with Crippen molar-refractivity contribution in [3.63, 3.8) is 0 Å². The third kappa shape index (κ3) is 2.74. The molecule has 58 valence electrons. The van der Waals surface area contributed by atoms with E-state index in [9.17, 15) is 0 Å². The quantitative estimate of drug-likeness (QED) is 0.512. The van der Waals surface area contributed by atoms with Gasteiger partial charge in [0.05, 0.1) is 0 Å². The summed E-state index contributed by atoms with van der Waals surface area (Å²) < 4.78 is 0. The minimum atomic E-state index is 0. The Morgan fingerprint density at radius 2 is 1.64 bits per heavy atom. The van der Waals surface area contributed by atoms with Crippen LogP contribution in [0.5, 0.6) is 0 Å². The van der Waals surface area contributed by atoms with E-state index in [0.29, 0.717) is 0 Å². The molecule has 0 bridgehead atoms. The molecule has 0 amide bonds. The summed E-state index contributed by atoms with van der Waals surface area (Å²) in [4.78, 5) is 0.